The average molecular weight is 1450 g/mol. The van der Waals surface area contributed by atoms with Gasteiger partial charge in [-0.15, -0.1) is 0 Å². The standard InChI is InChI=1S/C80H152O17P2/c1-7-9-11-13-15-17-19-21-23-28-31-38-44-50-56-62-77(82)90-68-75(96-80(85)65-59-53-47-41-33-29-25-24-26-30-36-42-48-54-60-72(3)4)70-94-98(86,87)92-66-74(81)67-93-99(88,89)95-71-76(69-91-78(83)63-57-51-45-39-35-34-37-43-49-55-61-73(5)6)97-79(84)64-58-52-46-40-32-27-22-20-18-16-14-12-10-8-2/h17,19,21,23,72-76,81H,7-16,18,20,22,24-71H2,1-6H3,(H,86,87)(H,88,89)/b19-17-,23-21-/t74-,75-,76-/m1/s1. The number of aliphatic hydroxyl groups excluding tert-OH is 1. The topological polar surface area (TPSA) is 237 Å². The lowest BCUT2D eigenvalue weighted by atomic mass is 10.0. The molecule has 0 aromatic rings. The van der Waals surface area contributed by atoms with Gasteiger partial charge in [-0.3, -0.25) is 37.3 Å². The van der Waals surface area contributed by atoms with E-state index in [0.29, 0.717) is 25.7 Å². The number of phosphoric acid groups is 2. The summed E-state index contributed by atoms with van der Waals surface area (Å²) in [7, 11) is -9.93. The molecule has 5 atom stereocenters. The highest BCUT2D eigenvalue weighted by Crippen LogP contribution is 2.45. The number of hydrogen-bond donors (Lipinski definition) is 3. The summed E-state index contributed by atoms with van der Waals surface area (Å²) in [6.07, 6.45) is 63.1. The SMILES string of the molecule is CCCCCC/C=C\C=C/CCCCCCCC(=O)OC[C@H](COP(=O)(O)OC[C@@H](O)COP(=O)(O)OC[C@@H](COC(=O)CCCCCCCCCCCCC(C)C)OC(=O)CCCCCCCCCCCCCCCC)OC(=O)CCCCCCCCCCCCCCCCC(C)C. The van der Waals surface area contributed by atoms with Crippen molar-refractivity contribution in [2.45, 2.75) is 413 Å². The fourth-order valence-corrected chi connectivity index (χ4v) is 13.4. The number of ether oxygens (including phenoxy) is 4. The highest BCUT2D eigenvalue weighted by molar-refractivity contribution is 7.47. The summed E-state index contributed by atoms with van der Waals surface area (Å²) < 4.78 is 68.7. The van der Waals surface area contributed by atoms with Gasteiger partial charge in [-0.05, 0) is 63.2 Å². The van der Waals surface area contributed by atoms with E-state index in [4.69, 9.17) is 37.0 Å². The number of aliphatic hydroxyl groups is 1. The average Bonchev–Trinajstić information content (AvgIpc) is 0.986. The predicted octanol–water partition coefficient (Wildman–Crippen LogP) is 23.4. The number of rotatable bonds is 77. The monoisotopic (exact) mass is 1450 g/mol. The molecule has 0 aromatic carbocycles. The van der Waals surface area contributed by atoms with Crippen LogP contribution in [0.5, 0.6) is 0 Å². The van der Waals surface area contributed by atoms with Gasteiger partial charge in [0.25, 0.3) is 0 Å². The largest absolute Gasteiger partial charge is 0.472 e. The van der Waals surface area contributed by atoms with Crippen LogP contribution in [0.4, 0.5) is 0 Å². The van der Waals surface area contributed by atoms with Crippen LogP contribution in [-0.4, -0.2) is 96.7 Å². The number of phosphoric ester groups is 2. The molecule has 99 heavy (non-hydrogen) atoms. The number of hydrogen-bond acceptors (Lipinski definition) is 15. The first-order valence-corrected chi connectivity index (χ1v) is 43.8. The third-order valence-electron chi connectivity index (χ3n) is 18.1. The van der Waals surface area contributed by atoms with Gasteiger partial charge in [-0.1, -0.05) is 342 Å². The Morgan fingerprint density at radius 1 is 0.313 bits per heavy atom. The number of carbonyl (C=O) groups excluding carboxylic acids is 4. The molecule has 0 heterocycles. The van der Waals surface area contributed by atoms with Crippen LogP contribution >= 0.6 is 15.6 Å². The Hall–Kier alpha value is -2.46. The molecule has 0 saturated heterocycles. The van der Waals surface area contributed by atoms with Crippen molar-refractivity contribution in [3.63, 3.8) is 0 Å². The summed E-state index contributed by atoms with van der Waals surface area (Å²) in [5.41, 5.74) is 0. The van der Waals surface area contributed by atoms with Crippen LogP contribution in [0, 0.1) is 11.8 Å². The smallest absolute Gasteiger partial charge is 0.462 e. The van der Waals surface area contributed by atoms with Crippen molar-refractivity contribution in [3.05, 3.63) is 24.3 Å². The van der Waals surface area contributed by atoms with E-state index in [1.165, 1.54) is 193 Å². The fourth-order valence-electron chi connectivity index (χ4n) is 11.8. The molecule has 0 radical (unpaired) electrons. The van der Waals surface area contributed by atoms with E-state index in [2.05, 4.69) is 65.8 Å². The third-order valence-corrected chi connectivity index (χ3v) is 20.0. The summed E-state index contributed by atoms with van der Waals surface area (Å²) in [4.78, 5) is 73.0. The lowest BCUT2D eigenvalue weighted by molar-refractivity contribution is -0.161. The van der Waals surface area contributed by atoms with Crippen molar-refractivity contribution in [1.29, 1.82) is 0 Å². The minimum absolute atomic E-state index is 0.101. The third kappa shape index (κ3) is 73.6. The number of carbonyl (C=O) groups is 4. The quantitative estimate of drug-likeness (QED) is 0.0169. The zero-order chi connectivity index (χ0) is 72.8. The molecule has 0 aromatic heterocycles. The maximum atomic E-state index is 13.1. The highest BCUT2D eigenvalue weighted by atomic mass is 31.2. The summed E-state index contributed by atoms with van der Waals surface area (Å²) in [6, 6.07) is 0. The molecular formula is C80H152O17P2. The molecule has 0 rings (SSSR count). The normalized spacial score (nSPS) is 14.1. The van der Waals surface area contributed by atoms with Crippen molar-refractivity contribution in [2.24, 2.45) is 11.8 Å². The second kappa shape index (κ2) is 71.2. The van der Waals surface area contributed by atoms with E-state index in [0.717, 1.165) is 121 Å². The zero-order valence-corrected chi connectivity index (χ0v) is 66.1. The molecule has 0 fully saturated rings. The molecule has 0 saturated carbocycles. The Kier molecular flexibility index (Phi) is 69.4. The molecule has 19 heteroatoms. The molecule has 0 aliphatic heterocycles. The van der Waals surface area contributed by atoms with Crippen LogP contribution in [0.2, 0.25) is 0 Å². The Bertz CT molecular complexity index is 2000. The summed E-state index contributed by atoms with van der Waals surface area (Å²) >= 11 is 0. The highest BCUT2D eigenvalue weighted by Gasteiger charge is 2.30. The second-order valence-corrected chi connectivity index (χ2v) is 32.0. The van der Waals surface area contributed by atoms with Crippen LogP contribution in [0.1, 0.15) is 395 Å². The predicted molar refractivity (Wildman–Crippen MR) is 404 cm³/mol. The molecule has 0 amide bonds. The van der Waals surface area contributed by atoms with Crippen LogP contribution in [0.3, 0.4) is 0 Å². The van der Waals surface area contributed by atoms with Crippen LogP contribution < -0.4 is 0 Å². The molecule has 0 bridgehead atoms. The number of esters is 4. The molecule has 0 aliphatic rings. The van der Waals surface area contributed by atoms with Gasteiger partial charge in [0, 0.05) is 25.7 Å². The van der Waals surface area contributed by atoms with Crippen molar-refractivity contribution >= 4 is 39.5 Å². The van der Waals surface area contributed by atoms with Crippen molar-refractivity contribution in [1.82, 2.24) is 0 Å². The summed E-state index contributed by atoms with van der Waals surface area (Å²) in [5, 5.41) is 10.6. The van der Waals surface area contributed by atoms with E-state index in [1.54, 1.807) is 0 Å². The zero-order valence-electron chi connectivity index (χ0n) is 64.3. The molecule has 584 valence electrons. The Labute approximate surface area is 605 Å². The van der Waals surface area contributed by atoms with Crippen LogP contribution in [0.15, 0.2) is 24.3 Å². The lowest BCUT2D eigenvalue weighted by Gasteiger charge is -2.21. The first-order valence-electron chi connectivity index (χ1n) is 40.8. The Morgan fingerprint density at radius 3 is 0.828 bits per heavy atom. The molecule has 3 N–H and O–H groups in total. The molecule has 0 spiro atoms. The Morgan fingerprint density at radius 2 is 0.545 bits per heavy atom. The van der Waals surface area contributed by atoms with E-state index in [1.807, 2.05) is 0 Å². The molecule has 0 aliphatic carbocycles. The van der Waals surface area contributed by atoms with Crippen LogP contribution in [0.25, 0.3) is 0 Å². The van der Waals surface area contributed by atoms with E-state index < -0.39 is 97.5 Å². The van der Waals surface area contributed by atoms with Gasteiger partial charge < -0.3 is 33.8 Å². The number of unbranched alkanes of at least 4 members (excludes halogenated alkanes) is 44. The fraction of sp³-hybridized carbons (Fsp3) is 0.900. The van der Waals surface area contributed by atoms with Gasteiger partial charge in [0.15, 0.2) is 12.2 Å². The maximum absolute atomic E-state index is 13.1. The lowest BCUT2D eigenvalue weighted by Crippen LogP contribution is -2.30. The molecule has 2 unspecified atom stereocenters. The molecular weight excluding hydrogens is 1290 g/mol. The van der Waals surface area contributed by atoms with Gasteiger partial charge in [0.05, 0.1) is 26.4 Å². The van der Waals surface area contributed by atoms with Gasteiger partial charge in [-0.25, -0.2) is 9.13 Å². The van der Waals surface area contributed by atoms with Gasteiger partial charge in [0.1, 0.15) is 19.3 Å². The summed E-state index contributed by atoms with van der Waals surface area (Å²) in [5.74, 6) is -0.588. The first kappa shape index (κ1) is 96.5. The minimum Gasteiger partial charge on any atom is -0.462 e. The first-order chi connectivity index (χ1) is 47.9. The van der Waals surface area contributed by atoms with E-state index in [-0.39, 0.29) is 25.7 Å². The Balaban J connectivity index is 5.30. The number of allylic oxidation sites excluding steroid dienone is 4. The van der Waals surface area contributed by atoms with Gasteiger partial charge in [0.2, 0.25) is 0 Å². The molecule has 17 nitrogen and oxygen atoms in total. The second-order valence-electron chi connectivity index (χ2n) is 29.1. The maximum Gasteiger partial charge on any atom is 0.472 e. The van der Waals surface area contributed by atoms with Gasteiger partial charge in [-0.2, -0.15) is 0 Å². The summed E-state index contributed by atoms with van der Waals surface area (Å²) in [6.45, 7) is 9.58. The van der Waals surface area contributed by atoms with E-state index in [9.17, 15) is 43.2 Å². The van der Waals surface area contributed by atoms with E-state index >= 15 is 0 Å². The van der Waals surface area contributed by atoms with Crippen molar-refractivity contribution < 1.29 is 80.2 Å². The van der Waals surface area contributed by atoms with Gasteiger partial charge >= 0.3 is 39.5 Å². The van der Waals surface area contributed by atoms with Crippen LogP contribution in [-0.2, 0) is 65.4 Å². The minimum atomic E-state index is -4.97. The van der Waals surface area contributed by atoms with Crippen molar-refractivity contribution in [2.75, 3.05) is 39.6 Å². The van der Waals surface area contributed by atoms with Crippen molar-refractivity contribution in [3.8, 4) is 0 Å².